The Labute approximate surface area is 114 Å². The minimum atomic E-state index is 0.563. The van der Waals surface area contributed by atoms with Crippen LogP contribution < -0.4 is 10.2 Å². The van der Waals surface area contributed by atoms with E-state index in [9.17, 15) is 0 Å². The van der Waals surface area contributed by atoms with Gasteiger partial charge < -0.3 is 15.0 Å². The number of nitrogens with one attached hydrogen (secondary N) is 1. The van der Waals surface area contributed by atoms with E-state index in [1.165, 1.54) is 43.6 Å². The monoisotopic (exact) mass is 258 g/mol. The van der Waals surface area contributed by atoms with Crippen LogP contribution in [0.25, 0.3) is 0 Å². The molecule has 0 unspecified atom stereocenters. The number of ether oxygens (including phenoxy) is 1. The third-order valence-electron chi connectivity index (χ3n) is 5.06. The van der Waals surface area contributed by atoms with Gasteiger partial charge in [0.25, 0.3) is 0 Å². The van der Waals surface area contributed by atoms with Gasteiger partial charge in [-0.3, -0.25) is 0 Å². The predicted molar refractivity (Wildman–Crippen MR) is 76.6 cm³/mol. The molecule has 2 fully saturated rings. The quantitative estimate of drug-likeness (QED) is 0.833. The Kier molecular flexibility index (Phi) is 2.78. The fourth-order valence-corrected chi connectivity index (χ4v) is 3.86. The van der Waals surface area contributed by atoms with Crippen molar-refractivity contribution < 1.29 is 4.74 Å². The Bertz CT molecular complexity index is 472. The van der Waals surface area contributed by atoms with E-state index < -0.39 is 0 Å². The summed E-state index contributed by atoms with van der Waals surface area (Å²) in [6.45, 7) is 6.56. The van der Waals surface area contributed by atoms with E-state index in [-0.39, 0.29) is 0 Å². The first-order chi connectivity index (χ1) is 9.36. The van der Waals surface area contributed by atoms with Gasteiger partial charge in [0, 0.05) is 44.0 Å². The van der Waals surface area contributed by atoms with E-state index in [0.717, 1.165) is 26.3 Å². The third-order valence-corrected chi connectivity index (χ3v) is 5.06. The zero-order valence-corrected chi connectivity index (χ0v) is 11.5. The highest BCUT2D eigenvalue weighted by Gasteiger charge is 2.44. The summed E-state index contributed by atoms with van der Waals surface area (Å²) in [6.07, 6.45) is 3.68. The molecule has 3 nitrogen and oxygen atoms in total. The van der Waals surface area contributed by atoms with Crippen LogP contribution in [0.5, 0.6) is 0 Å². The average Bonchev–Trinajstić information content (AvgIpc) is 2.45. The van der Waals surface area contributed by atoms with Gasteiger partial charge in [0.05, 0.1) is 0 Å². The smallest absolute Gasteiger partial charge is 0.0472 e. The first-order valence-electron chi connectivity index (χ1n) is 7.51. The van der Waals surface area contributed by atoms with E-state index in [1.54, 1.807) is 5.56 Å². The summed E-state index contributed by atoms with van der Waals surface area (Å²) in [7, 11) is 0. The van der Waals surface area contributed by atoms with Crippen molar-refractivity contribution in [2.24, 2.45) is 5.41 Å². The maximum atomic E-state index is 5.51. The third kappa shape index (κ3) is 1.96. The minimum Gasteiger partial charge on any atom is -0.381 e. The summed E-state index contributed by atoms with van der Waals surface area (Å²) in [4.78, 5) is 2.59. The van der Waals surface area contributed by atoms with E-state index in [0.29, 0.717) is 5.41 Å². The van der Waals surface area contributed by atoms with E-state index >= 15 is 0 Å². The molecule has 0 bridgehead atoms. The zero-order chi connectivity index (χ0) is 12.7. The summed E-state index contributed by atoms with van der Waals surface area (Å²) in [5, 5.41) is 3.46. The van der Waals surface area contributed by atoms with Gasteiger partial charge in [-0.05, 0) is 43.0 Å². The number of hydrogen-bond acceptors (Lipinski definition) is 3. The number of benzene rings is 1. The lowest BCUT2D eigenvalue weighted by Gasteiger charge is -2.54. The average molecular weight is 258 g/mol. The van der Waals surface area contributed by atoms with E-state index in [4.69, 9.17) is 4.74 Å². The molecule has 1 aromatic carbocycles. The molecule has 0 atom stereocenters. The highest BCUT2D eigenvalue weighted by molar-refractivity contribution is 5.59. The SMILES string of the molecule is c1cc2c(c(N3CC4(CCOCC4)C3)c1)CCNC2. The van der Waals surface area contributed by atoms with Crippen molar-refractivity contribution in [3.8, 4) is 0 Å². The topological polar surface area (TPSA) is 24.5 Å². The molecule has 4 rings (SSSR count). The van der Waals surface area contributed by atoms with Crippen LogP contribution in [-0.4, -0.2) is 32.8 Å². The molecule has 102 valence electrons. The highest BCUT2D eigenvalue weighted by Crippen LogP contribution is 2.43. The Balaban J connectivity index is 1.55. The maximum absolute atomic E-state index is 5.51. The van der Waals surface area contributed by atoms with Crippen LogP contribution in [0.3, 0.4) is 0 Å². The second-order valence-electron chi connectivity index (χ2n) is 6.31. The molecule has 3 aliphatic heterocycles. The van der Waals surface area contributed by atoms with Crippen molar-refractivity contribution in [2.75, 3.05) is 37.7 Å². The summed E-state index contributed by atoms with van der Waals surface area (Å²) in [6, 6.07) is 6.81. The molecule has 0 amide bonds. The Hall–Kier alpha value is -1.06. The van der Waals surface area contributed by atoms with Gasteiger partial charge in [0.15, 0.2) is 0 Å². The Morgan fingerprint density at radius 2 is 2.00 bits per heavy atom. The van der Waals surface area contributed by atoms with Crippen LogP contribution in [0.1, 0.15) is 24.0 Å². The van der Waals surface area contributed by atoms with Crippen LogP contribution in [-0.2, 0) is 17.7 Å². The standard InChI is InChI=1S/C16H22N2O/c1-2-13-10-17-7-4-14(13)15(3-1)18-11-16(12-18)5-8-19-9-6-16/h1-3,17H,4-12H2. The molecular weight excluding hydrogens is 236 g/mol. The summed E-state index contributed by atoms with van der Waals surface area (Å²) < 4.78 is 5.51. The summed E-state index contributed by atoms with van der Waals surface area (Å²) in [5.41, 5.74) is 5.14. The van der Waals surface area contributed by atoms with Crippen molar-refractivity contribution in [1.29, 1.82) is 0 Å². The van der Waals surface area contributed by atoms with Crippen LogP contribution >= 0.6 is 0 Å². The molecule has 19 heavy (non-hydrogen) atoms. The fraction of sp³-hybridized carbons (Fsp3) is 0.625. The summed E-state index contributed by atoms with van der Waals surface area (Å²) in [5.74, 6) is 0. The van der Waals surface area contributed by atoms with Crippen molar-refractivity contribution in [1.82, 2.24) is 5.32 Å². The molecule has 1 aromatic rings. The van der Waals surface area contributed by atoms with Gasteiger partial charge in [0.2, 0.25) is 0 Å². The Morgan fingerprint density at radius 3 is 2.84 bits per heavy atom. The lowest BCUT2D eigenvalue weighted by atomic mass is 9.73. The Morgan fingerprint density at radius 1 is 1.16 bits per heavy atom. The highest BCUT2D eigenvalue weighted by atomic mass is 16.5. The van der Waals surface area contributed by atoms with Gasteiger partial charge in [-0.1, -0.05) is 12.1 Å². The molecule has 1 spiro atoms. The van der Waals surface area contributed by atoms with Crippen LogP contribution in [0.4, 0.5) is 5.69 Å². The van der Waals surface area contributed by atoms with Gasteiger partial charge in [-0.2, -0.15) is 0 Å². The predicted octanol–water partition coefficient (Wildman–Crippen LogP) is 1.95. The first-order valence-corrected chi connectivity index (χ1v) is 7.51. The molecule has 0 radical (unpaired) electrons. The number of fused-ring (bicyclic) bond motifs is 1. The van der Waals surface area contributed by atoms with Crippen molar-refractivity contribution in [3.05, 3.63) is 29.3 Å². The number of rotatable bonds is 1. The van der Waals surface area contributed by atoms with E-state index in [2.05, 4.69) is 28.4 Å². The van der Waals surface area contributed by atoms with Crippen molar-refractivity contribution >= 4 is 5.69 Å². The minimum absolute atomic E-state index is 0.563. The molecule has 0 aliphatic carbocycles. The van der Waals surface area contributed by atoms with Crippen LogP contribution in [0, 0.1) is 5.41 Å². The maximum Gasteiger partial charge on any atom is 0.0472 e. The lowest BCUT2D eigenvalue weighted by molar-refractivity contribution is -0.000250. The normalized spacial score (nSPS) is 24.9. The molecule has 3 heterocycles. The molecule has 1 N–H and O–H groups in total. The van der Waals surface area contributed by atoms with Crippen molar-refractivity contribution in [2.45, 2.75) is 25.8 Å². The fourth-order valence-electron chi connectivity index (χ4n) is 3.86. The molecule has 2 saturated heterocycles. The molecule has 0 aromatic heterocycles. The van der Waals surface area contributed by atoms with Gasteiger partial charge >= 0.3 is 0 Å². The second kappa shape index (κ2) is 4.50. The largest absolute Gasteiger partial charge is 0.381 e. The zero-order valence-electron chi connectivity index (χ0n) is 11.5. The molecule has 3 aliphatic rings. The number of anilines is 1. The molecular formula is C16H22N2O. The van der Waals surface area contributed by atoms with Gasteiger partial charge in [-0.25, -0.2) is 0 Å². The van der Waals surface area contributed by atoms with Gasteiger partial charge in [0.1, 0.15) is 0 Å². The number of nitrogens with zero attached hydrogens (tertiary/aromatic N) is 1. The van der Waals surface area contributed by atoms with Crippen LogP contribution in [0.2, 0.25) is 0 Å². The lowest BCUT2D eigenvalue weighted by Crippen LogP contribution is -2.59. The summed E-state index contributed by atoms with van der Waals surface area (Å²) >= 11 is 0. The second-order valence-corrected chi connectivity index (χ2v) is 6.31. The van der Waals surface area contributed by atoms with Crippen LogP contribution in [0.15, 0.2) is 18.2 Å². The molecule has 0 saturated carbocycles. The number of hydrogen-bond donors (Lipinski definition) is 1. The molecule has 3 heteroatoms. The van der Waals surface area contributed by atoms with E-state index in [1.807, 2.05) is 0 Å². The van der Waals surface area contributed by atoms with Gasteiger partial charge in [-0.15, -0.1) is 0 Å². The van der Waals surface area contributed by atoms with Crippen molar-refractivity contribution in [3.63, 3.8) is 0 Å². The first kappa shape index (κ1) is 11.7.